The van der Waals surface area contributed by atoms with Crippen LogP contribution in [0.3, 0.4) is 0 Å². The van der Waals surface area contributed by atoms with Gasteiger partial charge >= 0.3 is 0 Å². The van der Waals surface area contributed by atoms with E-state index in [1.807, 2.05) is 0 Å². The van der Waals surface area contributed by atoms with Crippen molar-refractivity contribution in [2.24, 2.45) is 5.92 Å². The molecular weight excluding hydrogens is 311 g/mol. The maximum Gasteiger partial charge on any atom is 0.101 e. The Morgan fingerprint density at radius 2 is 0.692 bits per heavy atom. The van der Waals surface area contributed by atoms with Crippen LogP contribution in [-0.2, 0) is 0 Å². The minimum absolute atomic E-state index is 1.02. The van der Waals surface area contributed by atoms with Crippen LogP contribution in [0.5, 0.6) is 0 Å². The maximum atomic E-state index is 2.39. The molecule has 1 heteroatoms. The lowest BCUT2D eigenvalue weighted by Crippen LogP contribution is -2.00. The van der Waals surface area contributed by atoms with E-state index in [-0.39, 0.29) is 0 Å². The fourth-order valence-corrected chi connectivity index (χ4v) is 4.22. The van der Waals surface area contributed by atoms with E-state index in [1.165, 1.54) is 141 Å². The molecule has 0 heterocycles. The van der Waals surface area contributed by atoms with Gasteiger partial charge in [0.1, 0.15) is 7.85 Å². The van der Waals surface area contributed by atoms with Crippen LogP contribution in [0, 0.1) is 5.92 Å². The van der Waals surface area contributed by atoms with E-state index in [0.29, 0.717) is 0 Å². The Hall–Kier alpha value is 0.0649. The minimum Gasteiger partial charge on any atom is -0.0783 e. The van der Waals surface area contributed by atoms with Crippen molar-refractivity contribution in [2.45, 2.75) is 155 Å². The van der Waals surface area contributed by atoms with Crippen molar-refractivity contribution in [3.05, 3.63) is 0 Å². The van der Waals surface area contributed by atoms with Gasteiger partial charge in [0.05, 0.1) is 0 Å². The molecule has 0 aromatic rings. The lowest BCUT2D eigenvalue weighted by Gasteiger charge is -2.14. The summed E-state index contributed by atoms with van der Waals surface area (Å²) in [6.45, 7) is 4.62. The van der Waals surface area contributed by atoms with E-state index in [0.717, 1.165) is 5.92 Å². The van der Waals surface area contributed by atoms with Crippen LogP contribution >= 0.6 is 0 Å². The van der Waals surface area contributed by atoms with Crippen molar-refractivity contribution in [1.82, 2.24) is 0 Å². The Kier molecular flexibility index (Phi) is 23.2. The Morgan fingerprint density at radius 1 is 0.423 bits per heavy atom. The van der Waals surface area contributed by atoms with E-state index in [1.54, 1.807) is 0 Å². The molecule has 0 rings (SSSR count). The molecule has 0 nitrogen and oxygen atoms in total. The quantitative estimate of drug-likeness (QED) is 0.133. The summed E-state index contributed by atoms with van der Waals surface area (Å²) >= 11 is 0. The molecule has 0 aromatic carbocycles. The first kappa shape index (κ1) is 26.1. The molecule has 0 bridgehead atoms. The first-order valence-corrected chi connectivity index (χ1v) is 12.8. The van der Waals surface area contributed by atoms with Gasteiger partial charge < -0.3 is 0 Å². The fourth-order valence-electron chi connectivity index (χ4n) is 4.22. The molecule has 0 fully saturated rings. The molecule has 0 aliphatic rings. The Bertz CT molecular complexity index is 238. The molecule has 1 unspecified atom stereocenters. The van der Waals surface area contributed by atoms with Crippen molar-refractivity contribution in [2.75, 3.05) is 0 Å². The van der Waals surface area contributed by atoms with Crippen LogP contribution in [0.4, 0.5) is 0 Å². The van der Waals surface area contributed by atoms with Gasteiger partial charge in [-0.2, -0.15) is 0 Å². The second-order valence-corrected chi connectivity index (χ2v) is 8.86. The molecule has 26 heavy (non-hydrogen) atoms. The zero-order valence-electron chi connectivity index (χ0n) is 19.1. The highest BCUT2D eigenvalue weighted by atomic mass is 14.1. The molecule has 0 N–H and O–H groups in total. The standard InChI is InChI=1S/C25H53B/c1-3-5-7-8-9-10-11-12-13-14-15-16-17-18-19-21-23-25(24-26)22-20-6-4-2/h25H,3-24,26H2,1-2H3. The predicted molar refractivity (Wildman–Crippen MR) is 125 cm³/mol. The molecule has 0 aliphatic carbocycles. The van der Waals surface area contributed by atoms with Crippen LogP contribution in [0.15, 0.2) is 0 Å². The van der Waals surface area contributed by atoms with E-state index in [9.17, 15) is 0 Å². The molecular formula is C25H53B. The van der Waals surface area contributed by atoms with Crippen molar-refractivity contribution in [1.29, 1.82) is 0 Å². The average Bonchev–Trinajstić information content (AvgIpc) is 2.66. The summed E-state index contributed by atoms with van der Waals surface area (Å²) in [5, 5.41) is 0. The monoisotopic (exact) mass is 364 g/mol. The van der Waals surface area contributed by atoms with E-state index >= 15 is 0 Å². The molecule has 1 atom stereocenters. The summed E-state index contributed by atoms with van der Waals surface area (Å²) in [5.74, 6) is 1.02. The summed E-state index contributed by atoms with van der Waals surface area (Å²) < 4.78 is 0. The number of rotatable bonds is 22. The van der Waals surface area contributed by atoms with Crippen LogP contribution in [-0.4, -0.2) is 7.85 Å². The third-order valence-corrected chi connectivity index (χ3v) is 6.26. The average molecular weight is 365 g/mol. The number of unbranched alkanes of at least 4 members (excludes halogenated alkanes) is 17. The van der Waals surface area contributed by atoms with Crippen LogP contribution in [0.1, 0.15) is 149 Å². The highest BCUT2D eigenvalue weighted by molar-refractivity contribution is 6.08. The summed E-state index contributed by atoms with van der Waals surface area (Å²) in [7, 11) is 2.39. The van der Waals surface area contributed by atoms with Gasteiger partial charge in [-0.15, -0.1) is 0 Å². The molecule has 0 aromatic heterocycles. The van der Waals surface area contributed by atoms with E-state index in [2.05, 4.69) is 21.7 Å². The van der Waals surface area contributed by atoms with Gasteiger partial charge in [-0.25, -0.2) is 0 Å². The second kappa shape index (κ2) is 23.1. The van der Waals surface area contributed by atoms with Gasteiger partial charge in [-0.1, -0.05) is 155 Å². The normalized spacial score (nSPS) is 12.5. The Labute approximate surface area is 169 Å². The van der Waals surface area contributed by atoms with Gasteiger partial charge in [-0.3, -0.25) is 0 Å². The summed E-state index contributed by atoms with van der Waals surface area (Å²) in [4.78, 5) is 0. The second-order valence-electron chi connectivity index (χ2n) is 8.86. The smallest absolute Gasteiger partial charge is 0.0783 e. The van der Waals surface area contributed by atoms with Crippen molar-refractivity contribution in [3.63, 3.8) is 0 Å². The number of hydrogen-bond acceptors (Lipinski definition) is 0. The molecule has 156 valence electrons. The maximum absolute atomic E-state index is 2.39. The lowest BCUT2D eigenvalue weighted by molar-refractivity contribution is 0.435. The molecule has 0 amide bonds. The van der Waals surface area contributed by atoms with E-state index < -0.39 is 0 Å². The zero-order chi connectivity index (χ0) is 19.1. The molecule has 0 saturated carbocycles. The SMILES string of the molecule is BCC(CCCCC)CCCCCCCCCCCCCCCCCC. The number of hydrogen-bond donors (Lipinski definition) is 0. The van der Waals surface area contributed by atoms with Gasteiger partial charge in [-0.05, 0) is 5.92 Å². The summed E-state index contributed by atoms with van der Waals surface area (Å²) in [6, 6.07) is 0. The largest absolute Gasteiger partial charge is 0.101 e. The summed E-state index contributed by atoms with van der Waals surface area (Å²) in [6.07, 6.45) is 32.3. The highest BCUT2D eigenvalue weighted by Crippen LogP contribution is 2.21. The molecule has 0 spiro atoms. The summed E-state index contributed by atoms with van der Waals surface area (Å²) in [5.41, 5.74) is 0. The topological polar surface area (TPSA) is 0 Å². The molecule has 0 aliphatic heterocycles. The van der Waals surface area contributed by atoms with Gasteiger partial charge in [0.2, 0.25) is 0 Å². The molecule has 0 saturated heterocycles. The van der Waals surface area contributed by atoms with Gasteiger partial charge in [0, 0.05) is 0 Å². The molecule has 0 radical (unpaired) electrons. The lowest BCUT2D eigenvalue weighted by atomic mass is 9.83. The van der Waals surface area contributed by atoms with Crippen molar-refractivity contribution < 1.29 is 0 Å². The fraction of sp³-hybridized carbons (Fsp3) is 1.00. The van der Waals surface area contributed by atoms with Crippen molar-refractivity contribution >= 4 is 7.85 Å². The third-order valence-electron chi connectivity index (χ3n) is 6.26. The predicted octanol–water partition coefficient (Wildman–Crippen LogP) is 8.89. The third kappa shape index (κ3) is 20.4. The Balaban J connectivity index is 3.14. The first-order valence-electron chi connectivity index (χ1n) is 12.8. The minimum atomic E-state index is 1.02. The zero-order valence-corrected chi connectivity index (χ0v) is 19.1. The first-order chi connectivity index (χ1) is 12.8. The van der Waals surface area contributed by atoms with Gasteiger partial charge in [0.25, 0.3) is 0 Å². The van der Waals surface area contributed by atoms with E-state index in [4.69, 9.17) is 0 Å². The van der Waals surface area contributed by atoms with Crippen LogP contribution in [0.2, 0.25) is 6.32 Å². The van der Waals surface area contributed by atoms with Crippen LogP contribution in [0.25, 0.3) is 0 Å². The highest BCUT2D eigenvalue weighted by Gasteiger charge is 2.05. The van der Waals surface area contributed by atoms with Crippen LogP contribution < -0.4 is 0 Å². The Morgan fingerprint density at radius 3 is 1.04 bits per heavy atom. The van der Waals surface area contributed by atoms with Crippen molar-refractivity contribution in [3.8, 4) is 0 Å². The van der Waals surface area contributed by atoms with Gasteiger partial charge in [0.15, 0.2) is 0 Å².